The molecule has 0 radical (unpaired) electrons. The molecule has 2 N–H and O–H groups in total. The van der Waals surface area contributed by atoms with Crippen molar-refractivity contribution in [3.05, 3.63) is 34.1 Å². The van der Waals surface area contributed by atoms with E-state index in [4.69, 9.17) is 0 Å². The molecule has 0 aromatic heterocycles. The van der Waals surface area contributed by atoms with E-state index in [0.717, 1.165) is 31.7 Å². The van der Waals surface area contributed by atoms with Crippen molar-refractivity contribution < 1.29 is 19.2 Å². The molecular weight excluding hydrogens is 279 g/mol. The lowest BCUT2D eigenvalue weighted by molar-refractivity contribution is -0.386. The van der Waals surface area contributed by atoms with Gasteiger partial charge in [-0.15, -0.1) is 0 Å². The largest absolute Gasteiger partial charge is 0.480 e. The number of carbonyl (C=O) groups is 1. The topological polar surface area (TPSA) is 92.5 Å². The van der Waals surface area contributed by atoms with Crippen LogP contribution < -0.4 is 5.32 Å². The molecule has 1 aromatic carbocycles. The molecule has 0 heterocycles. The third-order valence-electron chi connectivity index (χ3n) is 3.91. The second-order valence-corrected chi connectivity index (χ2v) is 5.32. The van der Waals surface area contributed by atoms with E-state index in [1.54, 1.807) is 0 Å². The Kier molecular flexibility index (Phi) is 4.40. The number of hydrogen-bond acceptors (Lipinski definition) is 4. The van der Waals surface area contributed by atoms with E-state index in [0.29, 0.717) is 12.8 Å². The fourth-order valence-electron chi connectivity index (χ4n) is 2.78. The summed E-state index contributed by atoms with van der Waals surface area (Å²) >= 11 is 0. The van der Waals surface area contributed by atoms with E-state index in [-0.39, 0.29) is 5.69 Å². The van der Waals surface area contributed by atoms with E-state index in [1.165, 1.54) is 12.1 Å². The van der Waals surface area contributed by atoms with Crippen molar-refractivity contribution in [2.45, 2.75) is 44.1 Å². The molecule has 1 aliphatic rings. The molecule has 1 fully saturated rings. The molecule has 114 valence electrons. The van der Waals surface area contributed by atoms with E-state index in [9.17, 15) is 24.4 Å². The van der Waals surface area contributed by atoms with E-state index >= 15 is 0 Å². The van der Waals surface area contributed by atoms with Crippen LogP contribution in [0.5, 0.6) is 0 Å². The highest BCUT2D eigenvalue weighted by Crippen LogP contribution is 2.35. The second-order valence-electron chi connectivity index (χ2n) is 5.32. The van der Waals surface area contributed by atoms with Crippen LogP contribution in [0.25, 0.3) is 0 Å². The monoisotopic (exact) mass is 296 g/mol. The summed E-state index contributed by atoms with van der Waals surface area (Å²) in [5.41, 5.74) is -2.05. The van der Waals surface area contributed by atoms with Gasteiger partial charge in [0.15, 0.2) is 0 Å². The van der Waals surface area contributed by atoms with Crippen LogP contribution in [0, 0.1) is 15.9 Å². The van der Waals surface area contributed by atoms with Crippen molar-refractivity contribution in [3.63, 3.8) is 0 Å². The predicted octanol–water partition coefficient (Wildman–Crippen LogP) is 3.32. The van der Waals surface area contributed by atoms with E-state index in [1.807, 2.05) is 0 Å². The Balaban J connectivity index is 2.40. The lowest BCUT2D eigenvalue weighted by atomic mass is 9.89. The number of benzene rings is 1. The van der Waals surface area contributed by atoms with Gasteiger partial charge in [-0.1, -0.05) is 31.7 Å². The number of hydrogen-bond donors (Lipinski definition) is 2. The number of rotatable bonds is 4. The minimum absolute atomic E-state index is 0.0794. The second kappa shape index (κ2) is 6.07. The summed E-state index contributed by atoms with van der Waals surface area (Å²) in [6.07, 6.45) is 4.06. The number of carboxylic acid groups (broad SMARTS) is 1. The van der Waals surface area contributed by atoms with Crippen LogP contribution in [0.15, 0.2) is 18.2 Å². The predicted molar refractivity (Wildman–Crippen MR) is 74.7 cm³/mol. The standard InChI is InChI=1S/C14H17FN2O4/c15-10-6-5-7-11(12(10)17(20)21)16-14(13(18)19)8-3-1-2-4-9-14/h5-7,16H,1-4,8-9H2,(H,18,19). The maximum atomic E-state index is 13.6. The maximum Gasteiger partial charge on any atom is 0.329 e. The van der Waals surface area contributed by atoms with Crippen LogP contribution in [-0.2, 0) is 4.79 Å². The third kappa shape index (κ3) is 3.12. The van der Waals surface area contributed by atoms with Crippen molar-refractivity contribution in [1.82, 2.24) is 0 Å². The molecule has 1 saturated carbocycles. The number of halogens is 1. The smallest absolute Gasteiger partial charge is 0.329 e. The molecule has 7 heteroatoms. The van der Waals surface area contributed by atoms with Gasteiger partial charge in [-0.2, -0.15) is 4.39 Å². The zero-order valence-electron chi connectivity index (χ0n) is 11.5. The zero-order chi connectivity index (χ0) is 15.5. The molecule has 1 aromatic rings. The minimum Gasteiger partial charge on any atom is -0.480 e. The van der Waals surface area contributed by atoms with Crippen LogP contribution in [0.2, 0.25) is 0 Å². The number of carboxylic acids is 1. The van der Waals surface area contributed by atoms with Crippen molar-refractivity contribution in [2.24, 2.45) is 0 Å². The van der Waals surface area contributed by atoms with Gasteiger partial charge in [-0.25, -0.2) is 4.79 Å². The molecule has 0 aliphatic heterocycles. The number of nitrogens with one attached hydrogen (secondary N) is 1. The highest BCUT2D eigenvalue weighted by molar-refractivity contribution is 5.84. The summed E-state index contributed by atoms with van der Waals surface area (Å²) in [7, 11) is 0. The minimum atomic E-state index is -1.27. The first-order valence-corrected chi connectivity index (χ1v) is 6.91. The fourth-order valence-corrected chi connectivity index (χ4v) is 2.78. The van der Waals surface area contributed by atoms with Crippen LogP contribution in [0.4, 0.5) is 15.8 Å². The summed E-state index contributed by atoms with van der Waals surface area (Å²) in [6, 6.07) is 3.66. The molecule has 21 heavy (non-hydrogen) atoms. The molecular formula is C14H17FN2O4. The van der Waals surface area contributed by atoms with Gasteiger partial charge in [-0.3, -0.25) is 10.1 Å². The average molecular weight is 296 g/mol. The van der Waals surface area contributed by atoms with E-state index in [2.05, 4.69) is 5.32 Å². The Morgan fingerprint density at radius 3 is 2.43 bits per heavy atom. The Labute approximate surface area is 121 Å². The van der Waals surface area contributed by atoms with Crippen LogP contribution in [0.3, 0.4) is 0 Å². The number of nitro groups is 1. The van der Waals surface area contributed by atoms with Crippen molar-refractivity contribution in [1.29, 1.82) is 0 Å². The molecule has 0 amide bonds. The summed E-state index contributed by atoms with van der Waals surface area (Å²) < 4.78 is 13.6. The number of nitro benzene ring substituents is 1. The summed E-state index contributed by atoms with van der Waals surface area (Å²) in [4.78, 5) is 21.8. The molecule has 0 spiro atoms. The first-order valence-electron chi connectivity index (χ1n) is 6.91. The first kappa shape index (κ1) is 15.2. The maximum absolute atomic E-state index is 13.6. The fraction of sp³-hybridized carbons (Fsp3) is 0.500. The highest BCUT2D eigenvalue weighted by Gasteiger charge is 2.40. The molecule has 1 aliphatic carbocycles. The van der Waals surface area contributed by atoms with Gasteiger partial charge >= 0.3 is 11.7 Å². The van der Waals surface area contributed by atoms with Gasteiger partial charge in [0.05, 0.1) is 4.92 Å². The van der Waals surface area contributed by atoms with Crippen molar-refractivity contribution in [2.75, 3.05) is 5.32 Å². The highest BCUT2D eigenvalue weighted by atomic mass is 19.1. The van der Waals surface area contributed by atoms with Crippen LogP contribution in [0.1, 0.15) is 38.5 Å². The number of nitrogens with zero attached hydrogens (tertiary/aromatic N) is 1. The van der Waals surface area contributed by atoms with Gasteiger partial charge in [0.1, 0.15) is 11.2 Å². The number of aliphatic carboxylic acids is 1. The van der Waals surface area contributed by atoms with Crippen molar-refractivity contribution in [3.8, 4) is 0 Å². The normalized spacial score (nSPS) is 17.8. The Bertz CT molecular complexity index is 554. The molecule has 0 unspecified atom stereocenters. The Morgan fingerprint density at radius 1 is 1.29 bits per heavy atom. The Morgan fingerprint density at radius 2 is 1.90 bits per heavy atom. The molecule has 6 nitrogen and oxygen atoms in total. The summed E-state index contributed by atoms with van der Waals surface area (Å²) in [6.45, 7) is 0. The molecule has 0 saturated heterocycles. The number of anilines is 1. The van der Waals surface area contributed by atoms with Gasteiger partial charge in [-0.05, 0) is 25.0 Å². The lowest BCUT2D eigenvalue weighted by Crippen LogP contribution is -2.46. The average Bonchev–Trinajstić information content (AvgIpc) is 2.65. The van der Waals surface area contributed by atoms with Crippen molar-refractivity contribution >= 4 is 17.3 Å². The quantitative estimate of drug-likeness (QED) is 0.505. The SMILES string of the molecule is O=C(O)C1(Nc2cccc(F)c2[N+](=O)[O-])CCCCCC1. The lowest BCUT2D eigenvalue weighted by Gasteiger charge is -2.30. The first-order chi connectivity index (χ1) is 9.96. The Hall–Kier alpha value is -2.18. The van der Waals surface area contributed by atoms with Gasteiger partial charge in [0.25, 0.3) is 0 Å². The zero-order valence-corrected chi connectivity index (χ0v) is 11.5. The molecule has 0 atom stereocenters. The van der Waals surface area contributed by atoms with E-state index < -0.39 is 27.9 Å². The van der Waals surface area contributed by atoms with Gasteiger partial charge in [0, 0.05) is 0 Å². The van der Waals surface area contributed by atoms with Crippen LogP contribution >= 0.6 is 0 Å². The molecule has 0 bridgehead atoms. The summed E-state index contributed by atoms with van der Waals surface area (Å²) in [5.74, 6) is -2.03. The van der Waals surface area contributed by atoms with Gasteiger partial charge < -0.3 is 10.4 Å². The molecule has 2 rings (SSSR count). The third-order valence-corrected chi connectivity index (χ3v) is 3.91. The van der Waals surface area contributed by atoms with Crippen LogP contribution in [-0.4, -0.2) is 21.5 Å². The number of para-hydroxylation sites is 1. The van der Waals surface area contributed by atoms with Gasteiger partial charge in [0.2, 0.25) is 5.82 Å². The summed E-state index contributed by atoms with van der Waals surface area (Å²) in [5, 5.41) is 23.3.